The molecule has 1 radical (unpaired) electrons. The Hall–Kier alpha value is -1.02. The van der Waals surface area contributed by atoms with Crippen LogP contribution in [-0.4, -0.2) is 19.2 Å². The van der Waals surface area contributed by atoms with Gasteiger partial charge in [-0.2, -0.15) is 0 Å². The van der Waals surface area contributed by atoms with Crippen LogP contribution in [0, 0.1) is 0 Å². The lowest BCUT2D eigenvalue weighted by Crippen LogP contribution is -2.33. The van der Waals surface area contributed by atoms with Gasteiger partial charge in [-0.25, -0.2) is 5.32 Å². The van der Waals surface area contributed by atoms with Gasteiger partial charge in [0, 0.05) is 6.54 Å². The van der Waals surface area contributed by atoms with Gasteiger partial charge in [0.25, 0.3) is 0 Å². The van der Waals surface area contributed by atoms with Crippen molar-refractivity contribution in [2.45, 2.75) is 25.3 Å². The molecule has 0 spiro atoms. The van der Waals surface area contributed by atoms with Crippen molar-refractivity contribution in [3.8, 4) is 5.75 Å². The first-order valence-electron chi connectivity index (χ1n) is 5.29. The molecule has 0 amide bonds. The van der Waals surface area contributed by atoms with Gasteiger partial charge in [0.15, 0.2) is 0 Å². The zero-order chi connectivity index (χ0) is 9.64. The van der Waals surface area contributed by atoms with Crippen LogP contribution in [0.5, 0.6) is 5.75 Å². The number of rotatable bonds is 3. The summed E-state index contributed by atoms with van der Waals surface area (Å²) in [6.07, 6.45) is 3.74. The van der Waals surface area contributed by atoms with E-state index >= 15 is 0 Å². The van der Waals surface area contributed by atoms with E-state index in [-0.39, 0.29) is 0 Å². The summed E-state index contributed by atoms with van der Waals surface area (Å²) in [5.41, 5.74) is 0. The van der Waals surface area contributed by atoms with Crippen LogP contribution >= 0.6 is 0 Å². The van der Waals surface area contributed by atoms with E-state index in [4.69, 9.17) is 4.74 Å². The van der Waals surface area contributed by atoms with Gasteiger partial charge in [0.1, 0.15) is 12.4 Å². The van der Waals surface area contributed by atoms with Crippen molar-refractivity contribution in [1.29, 1.82) is 0 Å². The summed E-state index contributed by atoms with van der Waals surface area (Å²) < 4.78 is 5.65. The van der Waals surface area contributed by atoms with Gasteiger partial charge in [-0.1, -0.05) is 24.6 Å². The zero-order valence-corrected chi connectivity index (χ0v) is 8.36. The lowest BCUT2D eigenvalue weighted by molar-refractivity contribution is 0.236. The van der Waals surface area contributed by atoms with Crippen LogP contribution in [0.2, 0.25) is 0 Å². The maximum atomic E-state index is 5.65. The predicted octanol–water partition coefficient (Wildman–Crippen LogP) is 2.22. The molecule has 1 atom stereocenters. The smallest absolute Gasteiger partial charge is 0.119 e. The topological polar surface area (TPSA) is 23.3 Å². The summed E-state index contributed by atoms with van der Waals surface area (Å²) in [5.74, 6) is 0.952. The van der Waals surface area contributed by atoms with Crippen molar-refractivity contribution in [2.75, 3.05) is 13.2 Å². The molecule has 1 aliphatic heterocycles. The molecule has 0 aliphatic carbocycles. The summed E-state index contributed by atoms with van der Waals surface area (Å²) in [6.45, 7) is 1.76. The first kappa shape index (κ1) is 9.53. The van der Waals surface area contributed by atoms with E-state index in [2.05, 4.69) is 5.32 Å². The molecule has 1 unspecified atom stereocenters. The number of piperidine rings is 1. The number of benzene rings is 1. The molecular formula is C12H16NO. The highest BCUT2D eigenvalue weighted by Gasteiger charge is 2.13. The summed E-state index contributed by atoms with van der Waals surface area (Å²) in [4.78, 5) is 0. The Morgan fingerprint density at radius 3 is 2.79 bits per heavy atom. The molecule has 0 aromatic heterocycles. The quantitative estimate of drug-likeness (QED) is 0.716. The highest BCUT2D eigenvalue weighted by atomic mass is 16.5. The van der Waals surface area contributed by atoms with E-state index in [1.54, 1.807) is 0 Å². The number of hydrogen-bond donors (Lipinski definition) is 0. The van der Waals surface area contributed by atoms with Gasteiger partial charge in [0.2, 0.25) is 0 Å². The Bertz CT molecular complexity index is 254. The summed E-state index contributed by atoms with van der Waals surface area (Å²) >= 11 is 0. The van der Waals surface area contributed by atoms with E-state index < -0.39 is 0 Å². The van der Waals surface area contributed by atoms with Crippen LogP contribution in [0.15, 0.2) is 30.3 Å². The zero-order valence-electron chi connectivity index (χ0n) is 8.36. The van der Waals surface area contributed by atoms with Crippen LogP contribution in [0.25, 0.3) is 0 Å². The van der Waals surface area contributed by atoms with Crippen molar-refractivity contribution in [2.24, 2.45) is 0 Å². The SMILES string of the molecule is c1ccc(OCC2CCCC[N]2)cc1. The van der Waals surface area contributed by atoms with Crippen molar-refractivity contribution in [3.05, 3.63) is 30.3 Å². The first-order chi connectivity index (χ1) is 6.95. The van der Waals surface area contributed by atoms with E-state index in [0.717, 1.165) is 18.9 Å². The molecule has 75 valence electrons. The molecule has 1 aromatic carbocycles. The van der Waals surface area contributed by atoms with E-state index in [0.29, 0.717) is 6.04 Å². The Labute approximate surface area is 85.3 Å². The molecule has 2 nitrogen and oxygen atoms in total. The van der Waals surface area contributed by atoms with Crippen LogP contribution < -0.4 is 10.1 Å². The monoisotopic (exact) mass is 190 g/mol. The molecule has 1 aromatic rings. The van der Waals surface area contributed by atoms with Gasteiger partial charge in [-0.3, -0.25) is 0 Å². The summed E-state index contributed by atoms with van der Waals surface area (Å²) in [6, 6.07) is 10.4. The molecule has 14 heavy (non-hydrogen) atoms. The van der Waals surface area contributed by atoms with Crippen LogP contribution in [-0.2, 0) is 0 Å². The molecule has 1 heterocycles. The molecule has 0 saturated carbocycles. The molecule has 0 N–H and O–H groups in total. The largest absolute Gasteiger partial charge is 0.492 e. The second-order valence-electron chi connectivity index (χ2n) is 3.68. The average Bonchev–Trinajstić information content (AvgIpc) is 2.29. The highest BCUT2D eigenvalue weighted by molar-refractivity contribution is 5.20. The van der Waals surface area contributed by atoms with Crippen LogP contribution in [0.4, 0.5) is 0 Å². The van der Waals surface area contributed by atoms with Gasteiger partial charge in [0.05, 0.1) is 6.04 Å². The third-order valence-electron chi connectivity index (χ3n) is 2.52. The van der Waals surface area contributed by atoms with Crippen molar-refractivity contribution >= 4 is 0 Å². The number of nitrogens with zero attached hydrogens (tertiary/aromatic N) is 1. The average molecular weight is 190 g/mol. The molecule has 1 saturated heterocycles. The Balaban J connectivity index is 1.76. The third kappa shape index (κ3) is 2.74. The summed E-state index contributed by atoms with van der Waals surface area (Å²) in [7, 11) is 0. The maximum absolute atomic E-state index is 5.65. The van der Waals surface area contributed by atoms with Crippen molar-refractivity contribution in [3.63, 3.8) is 0 Å². The second kappa shape index (κ2) is 5.01. The minimum atomic E-state index is 0.420. The molecule has 1 aliphatic rings. The fourth-order valence-corrected chi connectivity index (χ4v) is 1.70. The second-order valence-corrected chi connectivity index (χ2v) is 3.68. The minimum Gasteiger partial charge on any atom is -0.492 e. The lowest BCUT2D eigenvalue weighted by atomic mass is 10.1. The molecule has 0 bridgehead atoms. The highest BCUT2D eigenvalue weighted by Crippen LogP contribution is 2.12. The molecule has 2 rings (SSSR count). The van der Waals surface area contributed by atoms with Gasteiger partial charge < -0.3 is 4.74 Å². The Morgan fingerprint density at radius 2 is 2.07 bits per heavy atom. The minimum absolute atomic E-state index is 0.420. The fourth-order valence-electron chi connectivity index (χ4n) is 1.70. The lowest BCUT2D eigenvalue weighted by Gasteiger charge is -2.21. The van der Waals surface area contributed by atoms with Gasteiger partial charge in [-0.15, -0.1) is 0 Å². The van der Waals surface area contributed by atoms with Gasteiger partial charge >= 0.3 is 0 Å². The number of ether oxygens (including phenoxy) is 1. The van der Waals surface area contributed by atoms with E-state index in [9.17, 15) is 0 Å². The maximum Gasteiger partial charge on any atom is 0.119 e. The molecular weight excluding hydrogens is 174 g/mol. The Kier molecular flexibility index (Phi) is 3.41. The third-order valence-corrected chi connectivity index (χ3v) is 2.52. The van der Waals surface area contributed by atoms with E-state index in [1.807, 2.05) is 30.3 Å². The molecule has 1 fully saturated rings. The van der Waals surface area contributed by atoms with Crippen LogP contribution in [0.1, 0.15) is 19.3 Å². The first-order valence-corrected chi connectivity index (χ1v) is 5.29. The van der Waals surface area contributed by atoms with Crippen molar-refractivity contribution < 1.29 is 4.74 Å². The van der Waals surface area contributed by atoms with Crippen LogP contribution in [0.3, 0.4) is 0 Å². The van der Waals surface area contributed by atoms with E-state index in [1.165, 1.54) is 19.3 Å². The Morgan fingerprint density at radius 1 is 1.21 bits per heavy atom. The number of hydrogen-bond acceptors (Lipinski definition) is 1. The fraction of sp³-hybridized carbons (Fsp3) is 0.500. The summed E-state index contributed by atoms with van der Waals surface area (Å²) in [5, 5.41) is 4.52. The normalized spacial score (nSPS) is 21.9. The predicted molar refractivity (Wildman–Crippen MR) is 56.6 cm³/mol. The molecule has 2 heteroatoms. The van der Waals surface area contributed by atoms with Crippen molar-refractivity contribution in [1.82, 2.24) is 5.32 Å². The van der Waals surface area contributed by atoms with Gasteiger partial charge in [-0.05, 0) is 25.0 Å². The number of para-hydroxylation sites is 1. The standard InChI is InChI=1S/C12H16NO/c1-2-7-12(8-3-1)14-10-11-6-4-5-9-13-11/h1-3,7-8,11H,4-6,9-10H2.